The molecule has 0 aromatic heterocycles. The number of aliphatic hydroxyl groups excluding tert-OH is 1. The predicted molar refractivity (Wildman–Crippen MR) is 103 cm³/mol. The van der Waals surface area contributed by atoms with Crippen molar-refractivity contribution in [2.24, 2.45) is 0 Å². The second-order valence-corrected chi connectivity index (χ2v) is 12.2. The Morgan fingerprint density at radius 2 is 1.85 bits per heavy atom. The Labute approximate surface area is 190 Å². The molecule has 0 aliphatic heterocycles. The van der Waals surface area contributed by atoms with Crippen LogP contribution in [-0.2, 0) is 26.2 Å². The van der Waals surface area contributed by atoms with Crippen LogP contribution in [0.15, 0.2) is 53.2 Å². The van der Waals surface area contributed by atoms with Gasteiger partial charge in [0.2, 0.25) is 0 Å². The van der Waals surface area contributed by atoms with E-state index < -0.39 is 8.07 Å². The summed E-state index contributed by atoms with van der Waals surface area (Å²) in [5.41, 5.74) is 4.47. The summed E-state index contributed by atoms with van der Waals surface area (Å²) in [7, 11) is -1.42. The van der Waals surface area contributed by atoms with Crippen molar-refractivity contribution in [2.45, 2.75) is 45.3 Å². The maximum absolute atomic E-state index is 9.22. The van der Waals surface area contributed by atoms with Gasteiger partial charge in [0, 0.05) is 6.61 Å². The Hall–Kier alpha value is -0.0500. The fourth-order valence-corrected chi connectivity index (χ4v) is 6.24. The minimum absolute atomic E-state index is 0. The van der Waals surface area contributed by atoms with E-state index in [4.69, 9.17) is 0 Å². The first-order valence-corrected chi connectivity index (χ1v) is 12.0. The third-order valence-corrected chi connectivity index (χ3v) is 9.05. The topological polar surface area (TPSA) is 20.2 Å². The molecular weight excluding hydrogens is 458 g/mol. The van der Waals surface area contributed by atoms with Crippen LogP contribution < -0.4 is 24.8 Å². The van der Waals surface area contributed by atoms with E-state index in [2.05, 4.69) is 62.5 Å². The van der Waals surface area contributed by atoms with Crippen molar-refractivity contribution in [3.8, 4) is 0 Å². The van der Waals surface area contributed by atoms with Crippen molar-refractivity contribution in [1.29, 1.82) is 0 Å². The van der Waals surface area contributed by atoms with Gasteiger partial charge in [-0.15, -0.1) is 40.1 Å². The molecule has 0 saturated carbocycles. The zero-order chi connectivity index (χ0) is 16.4. The van der Waals surface area contributed by atoms with Gasteiger partial charge in [-0.25, -0.2) is 0 Å². The quantitative estimate of drug-likeness (QED) is 0.440. The molecule has 0 fully saturated rings. The van der Waals surface area contributed by atoms with E-state index in [9.17, 15) is 5.11 Å². The molecule has 1 aliphatic rings. The number of halogens is 2. The fraction of sp³-hybridized carbons (Fsp3) is 0.381. The molecule has 26 heavy (non-hydrogen) atoms. The number of fused-ring (bicyclic) bond motifs is 1. The van der Waals surface area contributed by atoms with Crippen molar-refractivity contribution in [1.82, 2.24) is 0 Å². The molecule has 0 bridgehead atoms. The molecule has 0 atom stereocenters. The SMILES string of the molecule is CC[Si](C)(C)C1=C(c2cc3ccccc3[cH-]2)CC=C1CCCO.[Cl-].[Cl-].[Zr+3]. The summed E-state index contributed by atoms with van der Waals surface area (Å²) in [4.78, 5) is 0. The van der Waals surface area contributed by atoms with Gasteiger partial charge in [-0.2, -0.15) is 0 Å². The molecule has 2 aromatic carbocycles. The summed E-state index contributed by atoms with van der Waals surface area (Å²) in [5.74, 6) is 0. The monoisotopic (exact) mass is 483 g/mol. The van der Waals surface area contributed by atoms with Gasteiger partial charge >= 0.3 is 26.2 Å². The largest absolute Gasteiger partial charge is 3.00 e. The summed E-state index contributed by atoms with van der Waals surface area (Å²) >= 11 is 0. The van der Waals surface area contributed by atoms with Crippen LogP contribution in [0.5, 0.6) is 0 Å². The van der Waals surface area contributed by atoms with Crippen LogP contribution in [-0.4, -0.2) is 19.8 Å². The van der Waals surface area contributed by atoms with Crippen molar-refractivity contribution in [2.75, 3.05) is 6.61 Å². The number of benzene rings is 1. The molecule has 0 heterocycles. The summed E-state index contributed by atoms with van der Waals surface area (Å²) in [6.07, 6.45) is 5.37. The van der Waals surface area contributed by atoms with Crippen LogP contribution in [0.4, 0.5) is 0 Å². The molecule has 0 unspecified atom stereocenters. The van der Waals surface area contributed by atoms with Crippen LogP contribution in [0.1, 0.15) is 31.7 Å². The second-order valence-electron chi connectivity index (χ2n) is 7.22. The zero-order valence-electron chi connectivity index (χ0n) is 15.8. The molecule has 1 nitrogen and oxygen atoms in total. The third kappa shape index (κ3) is 5.26. The first kappa shape index (κ1) is 26.0. The van der Waals surface area contributed by atoms with Crippen LogP contribution >= 0.6 is 0 Å². The van der Waals surface area contributed by atoms with Gasteiger partial charge in [0.25, 0.3) is 0 Å². The summed E-state index contributed by atoms with van der Waals surface area (Å²) in [6, 6.07) is 14.6. The second kappa shape index (κ2) is 11.1. The van der Waals surface area contributed by atoms with Gasteiger partial charge in [0.1, 0.15) is 0 Å². The molecule has 1 N–H and O–H groups in total. The molecule has 2 aromatic rings. The van der Waals surface area contributed by atoms with Gasteiger partial charge in [-0.05, 0) is 19.3 Å². The van der Waals surface area contributed by atoms with Gasteiger partial charge in [-0.3, -0.25) is 0 Å². The van der Waals surface area contributed by atoms with Gasteiger partial charge < -0.3 is 29.9 Å². The molecular formula is C21H27Cl2OSiZr. The van der Waals surface area contributed by atoms with Crippen LogP contribution in [0.3, 0.4) is 0 Å². The normalized spacial score (nSPS) is 13.8. The van der Waals surface area contributed by atoms with Crippen molar-refractivity contribution < 1.29 is 56.1 Å². The minimum Gasteiger partial charge on any atom is -1.00 e. The average molecular weight is 486 g/mol. The van der Waals surface area contributed by atoms with E-state index in [-0.39, 0.29) is 57.6 Å². The summed E-state index contributed by atoms with van der Waals surface area (Å²) in [6.45, 7) is 7.60. The minimum atomic E-state index is -1.42. The fourth-order valence-electron chi connectivity index (χ4n) is 3.73. The number of rotatable bonds is 6. The molecule has 0 amide bonds. The number of allylic oxidation sites excluding steroid dienone is 4. The molecule has 139 valence electrons. The first-order valence-electron chi connectivity index (χ1n) is 8.76. The van der Waals surface area contributed by atoms with E-state index in [1.54, 1.807) is 10.8 Å². The molecule has 0 spiro atoms. The summed E-state index contributed by atoms with van der Waals surface area (Å²) in [5, 5.41) is 13.6. The van der Waals surface area contributed by atoms with E-state index in [1.807, 2.05) is 0 Å². The average Bonchev–Trinajstić information content (AvgIpc) is 3.16. The molecule has 5 heteroatoms. The Morgan fingerprint density at radius 3 is 2.46 bits per heavy atom. The van der Waals surface area contributed by atoms with Crippen molar-refractivity contribution in [3.63, 3.8) is 0 Å². The summed E-state index contributed by atoms with van der Waals surface area (Å²) < 4.78 is 0. The Bertz CT molecular complexity index is 744. The van der Waals surface area contributed by atoms with Crippen molar-refractivity contribution >= 4 is 24.4 Å². The number of aliphatic hydroxyl groups is 1. The van der Waals surface area contributed by atoms with Crippen LogP contribution in [0.2, 0.25) is 19.1 Å². The smallest absolute Gasteiger partial charge is 1.00 e. The van der Waals surface area contributed by atoms with E-state index in [0.717, 1.165) is 19.3 Å². The molecule has 3 rings (SSSR count). The maximum Gasteiger partial charge on any atom is 3.00 e. The Kier molecular flexibility index (Phi) is 11.1. The molecule has 1 radical (unpaired) electrons. The zero-order valence-corrected chi connectivity index (χ0v) is 20.8. The van der Waals surface area contributed by atoms with Gasteiger partial charge in [0.05, 0.1) is 8.07 Å². The van der Waals surface area contributed by atoms with Crippen molar-refractivity contribution in [3.05, 3.63) is 58.8 Å². The predicted octanol–water partition coefficient (Wildman–Crippen LogP) is -0.312. The first-order chi connectivity index (χ1) is 11.1. The van der Waals surface area contributed by atoms with Gasteiger partial charge in [-0.1, -0.05) is 61.1 Å². The van der Waals surface area contributed by atoms with Gasteiger partial charge in [0.15, 0.2) is 0 Å². The maximum atomic E-state index is 9.22. The van der Waals surface area contributed by atoms with Crippen LogP contribution in [0.25, 0.3) is 16.3 Å². The van der Waals surface area contributed by atoms with E-state index in [0.29, 0.717) is 0 Å². The number of hydrogen-bond acceptors (Lipinski definition) is 1. The Balaban J connectivity index is 0.00000208. The molecule has 1 aliphatic carbocycles. The number of hydrogen-bond donors (Lipinski definition) is 1. The van der Waals surface area contributed by atoms with E-state index in [1.165, 1.54) is 28.0 Å². The Morgan fingerprint density at radius 1 is 1.15 bits per heavy atom. The molecule has 0 saturated heterocycles. The van der Waals surface area contributed by atoms with Crippen LogP contribution in [0, 0.1) is 0 Å². The third-order valence-electron chi connectivity index (χ3n) is 5.31. The standard InChI is InChI=1S/C21H27OSi.2ClH.Zr/c1-4-23(2,3)21-16(10-7-13-22)11-12-20(21)19-14-17-8-5-6-9-18(17)15-19;;;/h5-6,8-9,11,14-15,22H,4,7,10,12-13H2,1-3H3;2*1H;/q-1;;;+3/p-2. The van der Waals surface area contributed by atoms with E-state index >= 15 is 0 Å².